The van der Waals surface area contributed by atoms with E-state index in [4.69, 9.17) is 4.52 Å². The highest BCUT2D eigenvalue weighted by Crippen LogP contribution is 2.38. The molecule has 3 aromatic heterocycles. The molecule has 166 valence electrons. The van der Waals surface area contributed by atoms with Crippen molar-refractivity contribution >= 4 is 17.0 Å². The topological polar surface area (TPSA) is 77.0 Å². The second-order valence-corrected chi connectivity index (χ2v) is 8.29. The summed E-state index contributed by atoms with van der Waals surface area (Å²) in [5, 5.41) is 3.54. The molecule has 1 atom stereocenters. The lowest BCUT2D eigenvalue weighted by atomic mass is 9.92. The van der Waals surface area contributed by atoms with E-state index in [1.54, 1.807) is 17.3 Å². The predicted octanol–water partition coefficient (Wildman–Crippen LogP) is 4.28. The molecule has 1 aliphatic heterocycles. The van der Waals surface area contributed by atoms with Crippen LogP contribution in [0.15, 0.2) is 23.0 Å². The summed E-state index contributed by atoms with van der Waals surface area (Å²) < 4.78 is 47.9. The summed E-state index contributed by atoms with van der Waals surface area (Å²) in [6.45, 7) is 6.51. The van der Waals surface area contributed by atoms with Crippen molar-refractivity contribution in [2.75, 3.05) is 13.1 Å². The highest BCUT2D eigenvalue weighted by Gasteiger charge is 2.37. The number of carbonyl (C=O) groups is 1. The molecule has 1 aliphatic rings. The molecule has 4 heterocycles. The molecule has 0 spiro atoms. The fourth-order valence-corrected chi connectivity index (χ4v) is 4.19. The van der Waals surface area contributed by atoms with Gasteiger partial charge in [0.1, 0.15) is 12.4 Å². The first-order chi connectivity index (χ1) is 14.6. The van der Waals surface area contributed by atoms with Gasteiger partial charge in [0, 0.05) is 37.3 Å². The van der Waals surface area contributed by atoms with Gasteiger partial charge in [-0.15, -0.1) is 0 Å². The molecule has 1 amide bonds. The molecular weight excluding hydrogens is 411 g/mol. The molecule has 0 bridgehead atoms. The molecule has 31 heavy (non-hydrogen) atoms. The minimum Gasteiger partial charge on any atom is -0.340 e. The number of carbonyl (C=O) groups excluding carboxylic acids is 1. The third kappa shape index (κ3) is 4.15. The number of rotatable bonds is 4. The van der Waals surface area contributed by atoms with Crippen LogP contribution in [0.5, 0.6) is 0 Å². The number of hydrogen-bond acceptors (Lipinski definition) is 5. The number of aryl methyl sites for hydroxylation is 1. The van der Waals surface area contributed by atoms with E-state index in [0.29, 0.717) is 25.9 Å². The van der Waals surface area contributed by atoms with Gasteiger partial charge >= 0.3 is 6.18 Å². The monoisotopic (exact) mass is 435 g/mol. The van der Waals surface area contributed by atoms with Gasteiger partial charge in [-0.3, -0.25) is 4.79 Å². The number of aromatic nitrogens is 4. The number of alkyl halides is 3. The zero-order valence-electron chi connectivity index (χ0n) is 17.6. The van der Waals surface area contributed by atoms with Crippen molar-refractivity contribution in [2.24, 2.45) is 0 Å². The lowest BCUT2D eigenvalue weighted by molar-refractivity contribution is -0.136. The molecule has 1 saturated heterocycles. The summed E-state index contributed by atoms with van der Waals surface area (Å²) in [4.78, 5) is 23.2. The maximum Gasteiger partial charge on any atom is 0.417 e. The zero-order valence-corrected chi connectivity index (χ0v) is 17.6. The van der Waals surface area contributed by atoms with Crippen LogP contribution in [0.25, 0.3) is 11.1 Å². The summed E-state index contributed by atoms with van der Waals surface area (Å²) in [5.74, 6) is 0.613. The standard InChI is InChI=1S/C21H24F3N5O2/c1-12(2)19-25-6-8-29(19)11-17(30)28-7-4-5-14(10-28)16-9-15(21(22,23)24)18-13(3)27-31-20(18)26-16/h6,8-9,12,14H,4-5,7,10-11H2,1-3H3/t14-/m0/s1. The van der Waals surface area contributed by atoms with Crippen LogP contribution < -0.4 is 0 Å². The van der Waals surface area contributed by atoms with E-state index in [0.717, 1.165) is 11.9 Å². The number of halogens is 3. The Bertz CT molecular complexity index is 1100. The van der Waals surface area contributed by atoms with Gasteiger partial charge < -0.3 is 14.0 Å². The van der Waals surface area contributed by atoms with E-state index in [1.165, 1.54) is 6.92 Å². The summed E-state index contributed by atoms with van der Waals surface area (Å²) in [6.07, 6.45) is 0.221. The molecule has 0 radical (unpaired) electrons. The second-order valence-electron chi connectivity index (χ2n) is 8.29. The van der Waals surface area contributed by atoms with Crippen LogP contribution in [0, 0.1) is 6.92 Å². The number of pyridine rings is 1. The molecular formula is C21H24F3N5O2. The third-order valence-electron chi connectivity index (χ3n) is 5.70. The summed E-state index contributed by atoms with van der Waals surface area (Å²) in [6, 6.07) is 1.08. The largest absolute Gasteiger partial charge is 0.417 e. The van der Waals surface area contributed by atoms with Gasteiger partial charge in [-0.05, 0) is 25.8 Å². The maximum absolute atomic E-state index is 13.7. The van der Waals surface area contributed by atoms with Crippen LogP contribution >= 0.6 is 0 Å². The first-order valence-corrected chi connectivity index (χ1v) is 10.3. The van der Waals surface area contributed by atoms with Crippen LogP contribution in [0.1, 0.15) is 61.3 Å². The number of amides is 1. The number of piperidine rings is 1. The second kappa shape index (κ2) is 7.97. The first-order valence-electron chi connectivity index (χ1n) is 10.3. The summed E-state index contributed by atoms with van der Waals surface area (Å²) >= 11 is 0. The molecule has 0 N–H and O–H groups in total. The summed E-state index contributed by atoms with van der Waals surface area (Å²) in [7, 11) is 0. The molecule has 1 fully saturated rings. The Hall–Kier alpha value is -2.91. The molecule has 0 unspecified atom stereocenters. The molecule has 7 nitrogen and oxygen atoms in total. The molecule has 3 aromatic rings. The van der Waals surface area contributed by atoms with Crippen molar-refractivity contribution in [1.82, 2.24) is 24.6 Å². The number of hydrogen-bond donors (Lipinski definition) is 0. The molecule has 4 rings (SSSR count). The smallest absolute Gasteiger partial charge is 0.340 e. The Labute approximate surface area is 177 Å². The maximum atomic E-state index is 13.7. The Kier molecular flexibility index (Phi) is 5.49. The quantitative estimate of drug-likeness (QED) is 0.612. The van der Waals surface area contributed by atoms with Crippen molar-refractivity contribution in [1.29, 1.82) is 0 Å². The zero-order chi connectivity index (χ0) is 22.3. The van der Waals surface area contributed by atoms with Gasteiger partial charge in [0.05, 0.1) is 22.3 Å². The lowest BCUT2D eigenvalue weighted by Crippen LogP contribution is -2.41. The molecule has 0 saturated carbocycles. The van der Waals surface area contributed by atoms with Crippen molar-refractivity contribution < 1.29 is 22.5 Å². The minimum absolute atomic E-state index is 0.0859. The number of imidazole rings is 1. The van der Waals surface area contributed by atoms with Gasteiger partial charge in [-0.1, -0.05) is 19.0 Å². The van der Waals surface area contributed by atoms with Crippen molar-refractivity contribution in [2.45, 2.75) is 58.2 Å². The van der Waals surface area contributed by atoms with Gasteiger partial charge in [-0.2, -0.15) is 13.2 Å². The van der Waals surface area contributed by atoms with Gasteiger partial charge in [0.25, 0.3) is 5.71 Å². The Morgan fingerprint density at radius 3 is 2.84 bits per heavy atom. The highest BCUT2D eigenvalue weighted by atomic mass is 19.4. The van der Waals surface area contributed by atoms with Crippen molar-refractivity contribution in [3.63, 3.8) is 0 Å². The van der Waals surface area contributed by atoms with Crippen molar-refractivity contribution in [3.8, 4) is 0 Å². The predicted molar refractivity (Wildman–Crippen MR) is 106 cm³/mol. The SMILES string of the molecule is Cc1noc2nc([C@H]3CCCN(C(=O)Cn4ccnc4C(C)C)C3)cc(C(F)(F)F)c12. The normalized spacial score (nSPS) is 17.6. The van der Waals surface area contributed by atoms with Crippen LogP contribution in [-0.2, 0) is 17.5 Å². The van der Waals surface area contributed by atoms with Gasteiger partial charge in [-0.25, -0.2) is 9.97 Å². The van der Waals surface area contributed by atoms with Crippen LogP contribution in [0.3, 0.4) is 0 Å². The van der Waals surface area contributed by atoms with Crippen LogP contribution in [0.2, 0.25) is 0 Å². The number of nitrogens with zero attached hydrogens (tertiary/aromatic N) is 5. The average Bonchev–Trinajstić information content (AvgIpc) is 3.33. The number of likely N-dealkylation sites (tertiary alicyclic amines) is 1. The van der Waals surface area contributed by atoms with Gasteiger partial charge in [0.2, 0.25) is 5.91 Å². The molecule has 0 aliphatic carbocycles. The summed E-state index contributed by atoms with van der Waals surface area (Å²) in [5.41, 5.74) is -0.484. The molecule has 10 heteroatoms. The average molecular weight is 435 g/mol. The van der Waals surface area contributed by atoms with E-state index in [2.05, 4.69) is 15.1 Å². The number of fused-ring (bicyclic) bond motifs is 1. The minimum atomic E-state index is -4.55. The lowest BCUT2D eigenvalue weighted by Gasteiger charge is -2.33. The van der Waals surface area contributed by atoms with E-state index < -0.39 is 11.7 Å². The Balaban J connectivity index is 1.58. The Morgan fingerprint density at radius 1 is 1.35 bits per heavy atom. The van der Waals surface area contributed by atoms with Gasteiger partial charge in [0.15, 0.2) is 0 Å². The first kappa shape index (κ1) is 21.3. The van der Waals surface area contributed by atoms with E-state index in [-0.39, 0.29) is 46.8 Å². The van der Waals surface area contributed by atoms with E-state index >= 15 is 0 Å². The third-order valence-corrected chi connectivity index (χ3v) is 5.70. The molecule has 0 aromatic carbocycles. The van der Waals surface area contributed by atoms with E-state index in [9.17, 15) is 18.0 Å². The van der Waals surface area contributed by atoms with Crippen LogP contribution in [0.4, 0.5) is 13.2 Å². The van der Waals surface area contributed by atoms with E-state index in [1.807, 2.05) is 18.4 Å². The Morgan fingerprint density at radius 2 is 2.13 bits per heavy atom. The van der Waals surface area contributed by atoms with Crippen LogP contribution in [-0.4, -0.2) is 43.6 Å². The van der Waals surface area contributed by atoms with Crippen molar-refractivity contribution in [3.05, 3.63) is 41.2 Å². The highest BCUT2D eigenvalue weighted by molar-refractivity contribution is 5.81. The fraction of sp³-hybridized carbons (Fsp3) is 0.524. The fourth-order valence-electron chi connectivity index (χ4n) is 4.19.